The van der Waals surface area contributed by atoms with Gasteiger partial charge in [0.05, 0.1) is 11.6 Å². The van der Waals surface area contributed by atoms with Gasteiger partial charge in [0.1, 0.15) is 10.8 Å². The van der Waals surface area contributed by atoms with E-state index in [2.05, 4.69) is 5.32 Å². The van der Waals surface area contributed by atoms with Gasteiger partial charge in [-0.25, -0.2) is 0 Å². The molecule has 90 valence electrons. The number of phenolic OH excluding ortho intramolecular Hbond substituents is 1. The molecule has 0 aliphatic heterocycles. The van der Waals surface area contributed by atoms with Gasteiger partial charge in [0, 0.05) is 17.6 Å². The molecule has 0 saturated heterocycles. The first-order valence-corrected chi connectivity index (χ1v) is 5.76. The first kappa shape index (κ1) is 13.6. The van der Waals surface area contributed by atoms with Crippen LogP contribution in [-0.4, -0.2) is 22.9 Å². The molecule has 0 aromatic heterocycles. The lowest BCUT2D eigenvalue weighted by Crippen LogP contribution is -2.31. The molecule has 2 atom stereocenters. The summed E-state index contributed by atoms with van der Waals surface area (Å²) in [5, 5.41) is 22.3. The van der Waals surface area contributed by atoms with E-state index in [-0.39, 0.29) is 29.5 Å². The van der Waals surface area contributed by atoms with Gasteiger partial charge in [0.25, 0.3) is 0 Å². The Balaban J connectivity index is 2.92. The average molecular weight is 264 g/mol. The standard InChI is InChI=1S/C11H15Cl2NO2/c1-6(5-15)14-7(2)8-3-4-9(12)10(13)11(8)16/h3-4,6-7,14-16H,5H2,1-2H3. The first-order valence-electron chi connectivity index (χ1n) is 5.01. The number of rotatable bonds is 4. The number of hydrogen-bond acceptors (Lipinski definition) is 3. The zero-order valence-electron chi connectivity index (χ0n) is 9.17. The molecule has 3 N–H and O–H groups in total. The molecule has 1 rings (SSSR count). The van der Waals surface area contributed by atoms with Crippen molar-refractivity contribution >= 4 is 23.2 Å². The van der Waals surface area contributed by atoms with Gasteiger partial charge < -0.3 is 15.5 Å². The lowest BCUT2D eigenvalue weighted by molar-refractivity contribution is 0.242. The predicted molar refractivity (Wildman–Crippen MR) is 66.2 cm³/mol. The molecule has 2 unspecified atom stereocenters. The fourth-order valence-corrected chi connectivity index (χ4v) is 1.80. The van der Waals surface area contributed by atoms with Crippen LogP contribution in [0.3, 0.4) is 0 Å². The molecule has 1 aromatic carbocycles. The van der Waals surface area contributed by atoms with Crippen molar-refractivity contribution in [2.45, 2.75) is 25.9 Å². The quantitative estimate of drug-likeness (QED) is 0.783. The Bertz CT molecular complexity index is 371. The van der Waals surface area contributed by atoms with Gasteiger partial charge in [-0.1, -0.05) is 29.3 Å². The van der Waals surface area contributed by atoms with Crippen LogP contribution in [-0.2, 0) is 0 Å². The number of hydrogen-bond donors (Lipinski definition) is 3. The molecule has 0 bridgehead atoms. The van der Waals surface area contributed by atoms with E-state index in [9.17, 15) is 5.11 Å². The predicted octanol–water partition coefficient (Wildman–Crippen LogP) is 2.73. The summed E-state index contributed by atoms with van der Waals surface area (Å²) >= 11 is 11.6. The van der Waals surface area contributed by atoms with Gasteiger partial charge in [-0.05, 0) is 19.9 Å². The summed E-state index contributed by atoms with van der Waals surface area (Å²) in [6.45, 7) is 3.77. The maximum Gasteiger partial charge on any atom is 0.140 e. The molecule has 0 fully saturated rings. The van der Waals surface area contributed by atoms with Crippen LogP contribution in [0.2, 0.25) is 10.0 Å². The lowest BCUT2D eigenvalue weighted by Gasteiger charge is -2.20. The second kappa shape index (κ2) is 5.73. The minimum atomic E-state index is -0.114. The van der Waals surface area contributed by atoms with E-state index in [0.717, 1.165) is 0 Å². The third-order valence-corrected chi connectivity index (χ3v) is 3.17. The second-order valence-electron chi connectivity index (χ2n) is 3.77. The summed E-state index contributed by atoms with van der Waals surface area (Å²) in [5.74, 6) is -0.0145. The zero-order chi connectivity index (χ0) is 12.3. The monoisotopic (exact) mass is 263 g/mol. The highest BCUT2D eigenvalue weighted by molar-refractivity contribution is 6.43. The molecule has 0 amide bonds. The fraction of sp³-hybridized carbons (Fsp3) is 0.455. The Kier molecular flexibility index (Phi) is 4.87. The van der Waals surface area contributed by atoms with Crippen molar-refractivity contribution in [3.63, 3.8) is 0 Å². The van der Waals surface area contributed by atoms with E-state index >= 15 is 0 Å². The number of aromatic hydroxyl groups is 1. The van der Waals surface area contributed by atoms with Crippen LogP contribution in [0.15, 0.2) is 12.1 Å². The largest absolute Gasteiger partial charge is 0.506 e. The van der Waals surface area contributed by atoms with Crippen molar-refractivity contribution in [2.75, 3.05) is 6.61 Å². The molecule has 0 heterocycles. The van der Waals surface area contributed by atoms with E-state index in [0.29, 0.717) is 10.6 Å². The van der Waals surface area contributed by atoms with Gasteiger partial charge >= 0.3 is 0 Å². The number of aliphatic hydroxyl groups is 1. The second-order valence-corrected chi connectivity index (χ2v) is 4.56. The molecule has 1 aromatic rings. The molecular formula is C11H15Cl2NO2. The highest BCUT2D eigenvalue weighted by Crippen LogP contribution is 2.36. The average Bonchev–Trinajstić information content (AvgIpc) is 2.25. The Morgan fingerprint density at radius 3 is 2.50 bits per heavy atom. The SMILES string of the molecule is CC(CO)NC(C)c1ccc(Cl)c(Cl)c1O. The minimum absolute atomic E-state index is 0.0145. The van der Waals surface area contributed by atoms with Gasteiger partial charge in [0.2, 0.25) is 0 Å². The van der Waals surface area contributed by atoms with E-state index in [1.54, 1.807) is 12.1 Å². The summed E-state index contributed by atoms with van der Waals surface area (Å²) in [7, 11) is 0. The number of halogens is 2. The van der Waals surface area contributed by atoms with Crippen molar-refractivity contribution in [1.82, 2.24) is 5.32 Å². The molecular weight excluding hydrogens is 249 g/mol. The van der Waals surface area contributed by atoms with Crippen molar-refractivity contribution in [3.05, 3.63) is 27.7 Å². The Morgan fingerprint density at radius 2 is 1.94 bits per heavy atom. The topological polar surface area (TPSA) is 52.5 Å². The summed E-state index contributed by atoms with van der Waals surface area (Å²) in [6, 6.07) is 3.19. The Morgan fingerprint density at radius 1 is 1.31 bits per heavy atom. The third-order valence-electron chi connectivity index (χ3n) is 2.38. The Hall–Kier alpha value is -0.480. The normalized spacial score (nSPS) is 14.8. The third kappa shape index (κ3) is 3.01. The summed E-state index contributed by atoms with van der Waals surface area (Å²) < 4.78 is 0. The van der Waals surface area contributed by atoms with E-state index < -0.39 is 0 Å². The molecule has 5 heteroatoms. The summed E-state index contributed by atoms with van der Waals surface area (Å²) in [6.07, 6.45) is 0. The van der Waals surface area contributed by atoms with Gasteiger partial charge in [0.15, 0.2) is 0 Å². The zero-order valence-corrected chi connectivity index (χ0v) is 10.7. The van der Waals surface area contributed by atoms with Gasteiger partial charge in [-0.15, -0.1) is 0 Å². The van der Waals surface area contributed by atoms with Crippen LogP contribution >= 0.6 is 23.2 Å². The van der Waals surface area contributed by atoms with Crippen LogP contribution in [0.25, 0.3) is 0 Å². The lowest BCUT2D eigenvalue weighted by atomic mass is 10.1. The molecule has 0 radical (unpaired) electrons. The highest BCUT2D eigenvalue weighted by atomic mass is 35.5. The maximum atomic E-state index is 9.82. The van der Waals surface area contributed by atoms with Crippen molar-refractivity contribution in [1.29, 1.82) is 0 Å². The van der Waals surface area contributed by atoms with Crippen LogP contribution < -0.4 is 5.32 Å². The van der Waals surface area contributed by atoms with Crippen LogP contribution in [0.5, 0.6) is 5.75 Å². The molecule has 3 nitrogen and oxygen atoms in total. The number of phenols is 1. The first-order chi connectivity index (χ1) is 7.47. The maximum absolute atomic E-state index is 9.82. The molecule has 0 aliphatic rings. The van der Waals surface area contributed by atoms with Crippen molar-refractivity contribution in [3.8, 4) is 5.75 Å². The summed E-state index contributed by atoms with van der Waals surface area (Å²) in [5.41, 5.74) is 0.662. The summed E-state index contributed by atoms with van der Waals surface area (Å²) in [4.78, 5) is 0. The smallest absolute Gasteiger partial charge is 0.140 e. The number of aliphatic hydroxyl groups excluding tert-OH is 1. The molecule has 0 aliphatic carbocycles. The van der Waals surface area contributed by atoms with Crippen molar-refractivity contribution < 1.29 is 10.2 Å². The molecule has 16 heavy (non-hydrogen) atoms. The number of benzene rings is 1. The fourth-order valence-electron chi connectivity index (χ4n) is 1.47. The minimum Gasteiger partial charge on any atom is -0.506 e. The van der Waals surface area contributed by atoms with Crippen LogP contribution in [0, 0.1) is 0 Å². The van der Waals surface area contributed by atoms with Gasteiger partial charge in [-0.3, -0.25) is 0 Å². The van der Waals surface area contributed by atoms with E-state index in [1.807, 2.05) is 13.8 Å². The molecule has 0 saturated carbocycles. The molecule has 0 spiro atoms. The van der Waals surface area contributed by atoms with Crippen molar-refractivity contribution in [2.24, 2.45) is 0 Å². The van der Waals surface area contributed by atoms with Crippen LogP contribution in [0.1, 0.15) is 25.5 Å². The number of nitrogens with one attached hydrogen (secondary N) is 1. The van der Waals surface area contributed by atoms with Crippen LogP contribution in [0.4, 0.5) is 0 Å². The van der Waals surface area contributed by atoms with E-state index in [1.165, 1.54) is 0 Å². The Labute approximate surface area is 105 Å². The van der Waals surface area contributed by atoms with E-state index in [4.69, 9.17) is 28.3 Å². The van der Waals surface area contributed by atoms with Gasteiger partial charge in [-0.2, -0.15) is 0 Å². The highest BCUT2D eigenvalue weighted by Gasteiger charge is 2.16.